The molecule has 2 rings (SSSR count). The first-order valence-corrected chi connectivity index (χ1v) is 6.72. The highest BCUT2D eigenvalue weighted by atomic mass is 35.5. The van der Waals surface area contributed by atoms with Crippen LogP contribution in [0.1, 0.15) is 5.69 Å². The summed E-state index contributed by atoms with van der Waals surface area (Å²) >= 11 is 5.95. The van der Waals surface area contributed by atoms with Gasteiger partial charge in [0.05, 0.1) is 16.9 Å². The largest absolute Gasteiger partial charge is 0.483 e. The van der Waals surface area contributed by atoms with Crippen molar-refractivity contribution in [1.29, 1.82) is 0 Å². The fraction of sp³-hybridized carbons (Fsp3) is 0.143. The van der Waals surface area contributed by atoms with Gasteiger partial charge in [-0.05, 0) is 24.3 Å². The molecule has 0 atom stereocenters. The average Bonchev–Trinajstić information content (AvgIpc) is 2.52. The Balaban J connectivity index is 2.01. The molecule has 0 aliphatic rings. The van der Waals surface area contributed by atoms with Crippen molar-refractivity contribution in [2.45, 2.75) is 6.18 Å². The number of ether oxygens (including phenoxy) is 1. The van der Waals surface area contributed by atoms with Crippen molar-refractivity contribution in [3.8, 4) is 5.75 Å². The first-order chi connectivity index (χ1) is 10.8. The van der Waals surface area contributed by atoms with Gasteiger partial charge < -0.3 is 10.5 Å². The van der Waals surface area contributed by atoms with Crippen LogP contribution < -0.4 is 15.9 Å². The number of para-hydroxylation sites is 1. The Hall–Kier alpha value is -2.48. The Labute approximate surface area is 134 Å². The van der Waals surface area contributed by atoms with Crippen molar-refractivity contribution in [3.63, 3.8) is 0 Å². The summed E-state index contributed by atoms with van der Waals surface area (Å²) in [4.78, 5) is 3.89. The maximum atomic E-state index is 12.0. The van der Waals surface area contributed by atoms with Gasteiger partial charge in [0.1, 0.15) is 11.4 Å². The number of nitrogens with zero attached hydrogens (tertiary/aromatic N) is 2. The molecular formula is C14H12ClF3N4O. The van der Waals surface area contributed by atoms with Crippen molar-refractivity contribution in [1.82, 2.24) is 4.98 Å². The lowest BCUT2D eigenvalue weighted by molar-refractivity contribution is -0.153. The van der Waals surface area contributed by atoms with Crippen molar-refractivity contribution in [3.05, 3.63) is 53.3 Å². The highest BCUT2D eigenvalue weighted by Crippen LogP contribution is 2.20. The van der Waals surface area contributed by atoms with E-state index in [9.17, 15) is 13.2 Å². The van der Waals surface area contributed by atoms with Gasteiger partial charge in [0.25, 0.3) is 0 Å². The second-order valence-electron chi connectivity index (χ2n) is 4.37. The number of nitrogens with two attached hydrogens (primary N) is 1. The number of halogens is 4. The summed E-state index contributed by atoms with van der Waals surface area (Å²) in [6.07, 6.45) is -3.27. The summed E-state index contributed by atoms with van der Waals surface area (Å²) in [5.41, 5.74) is 9.27. The van der Waals surface area contributed by atoms with Crippen LogP contribution in [0.4, 0.5) is 18.9 Å². The van der Waals surface area contributed by atoms with Crippen LogP contribution in [0, 0.1) is 0 Å². The van der Waals surface area contributed by atoms with E-state index in [1.807, 2.05) is 0 Å². The smallest absolute Gasteiger partial charge is 0.422 e. The minimum Gasteiger partial charge on any atom is -0.483 e. The van der Waals surface area contributed by atoms with E-state index in [1.54, 1.807) is 24.3 Å². The first kappa shape index (κ1) is 16.9. The van der Waals surface area contributed by atoms with E-state index >= 15 is 0 Å². The van der Waals surface area contributed by atoms with Gasteiger partial charge in [-0.15, -0.1) is 0 Å². The molecule has 0 spiro atoms. The van der Waals surface area contributed by atoms with Crippen molar-refractivity contribution in [2.24, 2.45) is 10.8 Å². The summed E-state index contributed by atoms with van der Waals surface area (Å²) in [5.74, 6) is 0.0326. The van der Waals surface area contributed by atoms with Crippen LogP contribution in [0.25, 0.3) is 0 Å². The number of pyridine rings is 1. The molecule has 3 N–H and O–H groups in total. The molecule has 23 heavy (non-hydrogen) atoms. The van der Waals surface area contributed by atoms with Crippen molar-refractivity contribution < 1.29 is 17.9 Å². The van der Waals surface area contributed by atoms with Crippen LogP contribution in [0.2, 0.25) is 5.02 Å². The minimum atomic E-state index is -4.40. The molecule has 0 saturated carbocycles. The predicted molar refractivity (Wildman–Crippen MR) is 81.6 cm³/mol. The number of alkyl halides is 3. The van der Waals surface area contributed by atoms with Crippen molar-refractivity contribution >= 4 is 23.1 Å². The molecule has 0 saturated heterocycles. The maximum absolute atomic E-state index is 12.0. The van der Waals surface area contributed by atoms with Gasteiger partial charge in [-0.25, -0.2) is 4.98 Å². The fourth-order valence-electron chi connectivity index (χ4n) is 1.51. The zero-order chi connectivity index (χ0) is 16.9. The third-order valence-electron chi connectivity index (χ3n) is 2.57. The van der Waals surface area contributed by atoms with Gasteiger partial charge in [0.15, 0.2) is 12.4 Å². The standard InChI is InChI=1S/C14H12ClF3N4O/c15-10-3-1-2-4-11(10)21-22-13(19)12-6-5-9(7-20-12)23-8-14(16,17)18/h1-7,21H,8H2,(H2,19,22). The number of hydrogen-bond donors (Lipinski definition) is 2. The van der Waals surface area contributed by atoms with Crippen molar-refractivity contribution in [2.75, 3.05) is 12.0 Å². The normalized spacial score (nSPS) is 12.1. The first-order valence-electron chi connectivity index (χ1n) is 6.35. The summed E-state index contributed by atoms with van der Waals surface area (Å²) in [7, 11) is 0. The second kappa shape index (κ2) is 7.19. The highest BCUT2D eigenvalue weighted by Gasteiger charge is 2.28. The van der Waals surface area contributed by atoms with Gasteiger partial charge in [-0.3, -0.25) is 5.43 Å². The zero-order valence-electron chi connectivity index (χ0n) is 11.6. The SMILES string of the molecule is N/C(=N\Nc1ccccc1Cl)c1ccc(OCC(F)(F)F)cn1. The van der Waals surface area contributed by atoms with E-state index in [-0.39, 0.29) is 17.3 Å². The van der Waals surface area contributed by atoms with E-state index < -0.39 is 12.8 Å². The van der Waals surface area contributed by atoms with Crippen LogP contribution in [0.5, 0.6) is 5.75 Å². The third kappa shape index (κ3) is 5.33. The van der Waals surface area contributed by atoms with Gasteiger partial charge in [-0.2, -0.15) is 18.3 Å². The molecular weight excluding hydrogens is 333 g/mol. The number of anilines is 1. The monoisotopic (exact) mass is 344 g/mol. The lowest BCUT2D eigenvalue weighted by Crippen LogP contribution is -2.20. The Kier molecular flexibility index (Phi) is 5.28. The molecule has 0 fully saturated rings. The Morgan fingerprint density at radius 2 is 2.00 bits per heavy atom. The van der Waals surface area contributed by atoms with Crippen LogP contribution >= 0.6 is 11.6 Å². The van der Waals surface area contributed by atoms with Gasteiger partial charge >= 0.3 is 6.18 Å². The number of rotatable bonds is 5. The molecule has 1 heterocycles. The molecule has 5 nitrogen and oxygen atoms in total. The third-order valence-corrected chi connectivity index (χ3v) is 2.90. The molecule has 0 bridgehead atoms. The molecule has 0 aliphatic heterocycles. The molecule has 0 unspecified atom stereocenters. The molecule has 9 heteroatoms. The van der Waals surface area contributed by atoms with E-state index in [0.29, 0.717) is 10.7 Å². The van der Waals surface area contributed by atoms with Crippen LogP contribution in [-0.4, -0.2) is 23.6 Å². The summed E-state index contributed by atoms with van der Waals surface area (Å²) in [5, 5.41) is 4.38. The lowest BCUT2D eigenvalue weighted by Gasteiger charge is -2.09. The topological polar surface area (TPSA) is 72.5 Å². The summed E-state index contributed by atoms with van der Waals surface area (Å²) in [6.45, 7) is -1.38. The minimum absolute atomic E-state index is 0.0158. The Morgan fingerprint density at radius 1 is 1.26 bits per heavy atom. The number of nitrogens with one attached hydrogen (secondary N) is 1. The number of aromatic nitrogens is 1. The molecule has 122 valence electrons. The van der Waals surface area contributed by atoms with Crippen LogP contribution in [0.3, 0.4) is 0 Å². The van der Waals surface area contributed by atoms with E-state index in [1.165, 1.54) is 12.1 Å². The van der Waals surface area contributed by atoms with Gasteiger partial charge in [-0.1, -0.05) is 23.7 Å². The molecule has 0 amide bonds. The van der Waals surface area contributed by atoms with E-state index in [0.717, 1.165) is 6.20 Å². The number of hydrazone groups is 1. The molecule has 1 aromatic carbocycles. The Morgan fingerprint density at radius 3 is 2.61 bits per heavy atom. The van der Waals surface area contributed by atoms with Gasteiger partial charge in [0, 0.05) is 0 Å². The lowest BCUT2D eigenvalue weighted by atomic mass is 10.3. The Bertz CT molecular complexity index is 689. The molecule has 0 aliphatic carbocycles. The fourth-order valence-corrected chi connectivity index (χ4v) is 1.69. The maximum Gasteiger partial charge on any atom is 0.422 e. The van der Waals surface area contributed by atoms with Crippen LogP contribution in [-0.2, 0) is 0 Å². The molecule has 1 aromatic heterocycles. The number of hydrogen-bond acceptors (Lipinski definition) is 4. The van der Waals surface area contributed by atoms with Gasteiger partial charge in [0.2, 0.25) is 0 Å². The van der Waals surface area contributed by atoms with E-state index in [2.05, 4.69) is 20.2 Å². The predicted octanol–water partition coefficient (Wildman–Crippen LogP) is 3.41. The highest BCUT2D eigenvalue weighted by molar-refractivity contribution is 6.33. The molecule has 2 aromatic rings. The number of benzene rings is 1. The van der Waals surface area contributed by atoms with E-state index in [4.69, 9.17) is 17.3 Å². The summed E-state index contributed by atoms with van der Waals surface area (Å²) in [6, 6.07) is 9.65. The summed E-state index contributed by atoms with van der Waals surface area (Å²) < 4.78 is 40.7. The van der Waals surface area contributed by atoms with Crippen LogP contribution in [0.15, 0.2) is 47.7 Å². The number of amidine groups is 1. The quantitative estimate of drug-likeness (QED) is 0.495. The zero-order valence-corrected chi connectivity index (χ0v) is 12.4. The molecule has 0 radical (unpaired) electrons. The average molecular weight is 345 g/mol. The second-order valence-corrected chi connectivity index (χ2v) is 4.78.